The van der Waals surface area contributed by atoms with Gasteiger partial charge in [-0.15, -0.1) is 0 Å². The molecule has 3 rings (SSSR count). The molecule has 26 heavy (non-hydrogen) atoms. The maximum atomic E-state index is 12.5. The number of aromatic nitrogens is 4. The van der Waals surface area contributed by atoms with Crippen molar-refractivity contribution in [2.24, 2.45) is 5.92 Å². The largest absolute Gasteiger partial charge is 0.361 e. The van der Waals surface area contributed by atoms with E-state index in [0.29, 0.717) is 30.2 Å². The summed E-state index contributed by atoms with van der Waals surface area (Å²) < 4.78 is 7.10. The second kappa shape index (κ2) is 8.44. The standard InChI is InChI=1S/C18H28N6O2/c1-4-15-17(13(3)26-22-15)18(25)19-9-14-7-6-8-23(10-14)11-16-20-12-21-24(16)5-2/h12,14H,4-11H2,1-3H3,(H,19,25). The van der Waals surface area contributed by atoms with Crippen LogP contribution >= 0.6 is 0 Å². The highest BCUT2D eigenvalue weighted by molar-refractivity contribution is 5.96. The van der Waals surface area contributed by atoms with Gasteiger partial charge < -0.3 is 9.84 Å². The minimum atomic E-state index is -0.0801. The summed E-state index contributed by atoms with van der Waals surface area (Å²) in [5.74, 6) is 1.95. The highest BCUT2D eigenvalue weighted by atomic mass is 16.5. The Morgan fingerprint density at radius 1 is 1.42 bits per heavy atom. The summed E-state index contributed by atoms with van der Waals surface area (Å²) in [4.78, 5) is 19.3. The van der Waals surface area contributed by atoms with E-state index in [1.54, 1.807) is 13.3 Å². The summed E-state index contributed by atoms with van der Waals surface area (Å²) >= 11 is 0. The molecular formula is C18H28N6O2. The molecule has 1 saturated heterocycles. The summed E-state index contributed by atoms with van der Waals surface area (Å²) in [7, 11) is 0. The van der Waals surface area contributed by atoms with Gasteiger partial charge in [0.25, 0.3) is 5.91 Å². The summed E-state index contributed by atoms with van der Waals surface area (Å²) in [5.41, 5.74) is 1.32. The van der Waals surface area contributed by atoms with Crippen LogP contribution in [0.5, 0.6) is 0 Å². The Bertz CT molecular complexity index is 738. The van der Waals surface area contributed by atoms with Gasteiger partial charge in [-0.05, 0) is 45.6 Å². The van der Waals surface area contributed by atoms with Crippen molar-refractivity contribution in [3.05, 3.63) is 29.2 Å². The average molecular weight is 360 g/mol. The Morgan fingerprint density at radius 2 is 2.27 bits per heavy atom. The van der Waals surface area contributed by atoms with E-state index in [0.717, 1.165) is 50.5 Å². The van der Waals surface area contributed by atoms with Gasteiger partial charge in [0.05, 0.1) is 12.2 Å². The lowest BCUT2D eigenvalue weighted by Gasteiger charge is -2.32. The first-order chi connectivity index (χ1) is 12.6. The molecule has 0 aliphatic carbocycles. The Morgan fingerprint density at radius 3 is 3.04 bits per heavy atom. The predicted molar refractivity (Wildman–Crippen MR) is 96.6 cm³/mol. The minimum absolute atomic E-state index is 0.0801. The van der Waals surface area contributed by atoms with Gasteiger partial charge >= 0.3 is 0 Å². The average Bonchev–Trinajstić information content (AvgIpc) is 3.25. The minimum Gasteiger partial charge on any atom is -0.361 e. The van der Waals surface area contributed by atoms with Crippen LogP contribution in [0.15, 0.2) is 10.9 Å². The van der Waals surface area contributed by atoms with Gasteiger partial charge in [0.1, 0.15) is 23.5 Å². The fraction of sp³-hybridized carbons (Fsp3) is 0.667. The Kier molecular flexibility index (Phi) is 6.03. The number of carbonyl (C=O) groups is 1. The van der Waals surface area contributed by atoms with E-state index in [9.17, 15) is 4.79 Å². The molecule has 3 heterocycles. The number of rotatable bonds is 7. The predicted octanol–water partition coefficient (Wildman–Crippen LogP) is 1.80. The molecule has 1 aliphatic rings. The molecule has 1 aliphatic heterocycles. The lowest BCUT2D eigenvalue weighted by Crippen LogP contribution is -2.41. The molecule has 0 aromatic carbocycles. The normalized spacial score (nSPS) is 18.2. The highest BCUT2D eigenvalue weighted by Crippen LogP contribution is 2.18. The van der Waals surface area contributed by atoms with Gasteiger partial charge in [-0.3, -0.25) is 9.69 Å². The number of nitrogens with one attached hydrogen (secondary N) is 1. The second-order valence-corrected chi connectivity index (χ2v) is 6.86. The lowest BCUT2D eigenvalue weighted by atomic mass is 9.97. The molecule has 0 bridgehead atoms. The topological polar surface area (TPSA) is 89.1 Å². The van der Waals surface area contributed by atoms with Crippen molar-refractivity contribution < 1.29 is 9.32 Å². The van der Waals surface area contributed by atoms with Crippen LogP contribution in [0.1, 0.15) is 54.3 Å². The van der Waals surface area contributed by atoms with E-state index in [2.05, 4.69) is 32.4 Å². The first-order valence-electron chi connectivity index (χ1n) is 9.44. The number of hydrogen-bond acceptors (Lipinski definition) is 6. The first-order valence-corrected chi connectivity index (χ1v) is 9.44. The third-order valence-corrected chi connectivity index (χ3v) is 5.01. The molecule has 0 radical (unpaired) electrons. The van der Waals surface area contributed by atoms with Crippen LogP contribution in [0.2, 0.25) is 0 Å². The van der Waals surface area contributed by atoms with Crippen LogP contribution in [-0.4, -0.2) is 50.4 Å². The molecule has 2 aromatic rings. The van der Waals surface area contributed by atoms with Gasteiger partial charge in [-0.2, -0.15) is 5.10 Å². The summed E-state index contributed by atoms with van der Waals surface area (Å²) in [6.07, 6.45) is 4.57. The maximum Gasteiger partial charge on any atom is 0.256 e. The molecule has 2 aromatic heterocycles. The van der Waals surface area contributed by atoms with Crippen LogP contribution in [0, 0.1) is 12.8 Å². The van der Waals surface area contributed by atoms with Crippen molar-refractivity contribution in [2.45, 2.75) is 53.1 Å². The van der Waals surface area contributed by atoms with Crippen molar-refractivity contribution in [2.75, 3.05) is 19.6 Å². The molecule has 1 unspecified atom stereocenters. The fourth-order valence-corrected chi connectivity index (χ4v) is 3.61. The molecule has 142 valence electrons. The number of aryl methyl sites for hydroxylation is 3. The number of likely N-dealkylation sites (tertiary alicyclic amines) is 1. The summed E-state index contributed by atoms with van der Waals surface area (Å²) in [5, 5.41) is 11.3. The Labute approximate surface area is 153 Å². The van der Waals surface area contributed by atoms with Gasteiger partial charge in [-0.1, -0.05) is 12.1 Å². The molecule has 1 fully saturated rings. The van der Waals surface area contributed by atoms with Crippen LogP contribution in [0.25, 0.3) is 0 Å². The third-order valence-electron chi connectivity index (χ3n) is 5.01. The first kappa shape index (κ1) is 18.6. The van der Waals surface area contributed by atoms with Crippen LogP contribution in [-0.2, 0) is 19.5 Å². The number of nitrogens with zero attached hydrogens (tertiary/aromatic N) is 5. The van der Waals surface area contributed by atoms with Crippen molar-refractivity contribution in [3.63, 3.8) is 0 Å². The van der Waals surface area contributed by atoms with Crippen molar-refractivity contribution in [1.82, 2.24) is 30.1 Å². The molecule has 8 nitrogen and oxygen atoms in total. The molecule has 0 saturated carbocycles. The second-order valence-electron chi connectivity index (χ2n) is 6.86. The molecule has 0 spiro atoms. The van der Waals surface area contributed by atoms with Gasteiger partial charge in [0.15, 0.2) is 0 Å². The smallest absolute Gasteiger partial charge is 0.256 e. The summed E-state index contributed by atoms with van der Waals surface area (Å²) in [6.45, 7) is 10.2. The van der Waals surface area contributed by atoms with Crippen molar-refractivity contribution in [3.8, 4) is 0 Å². The maximum absolute atomic E-state index is 12.5. The van der Waals surface area contributed by atoms with E-state index in [1.165, 1.54) is 0 Å². The molecular weight excluding hydrogens is 332 g/mol. The number of amides is 1. The molecule has 1 amide bonds. The van der Waals surface area contributed by atoms with Crippen LogP contribution < -0.4 is 5.32 Å². The van der Waals surface area contributed by atoms with E-state index < -0.39 is 0 Å². The number of hydrogen-bond donors (Lipinski definition) is 1. The number of piperidine rings is 1. The van der Waals surface area contributed by atoms with Gasteiger partial charge in [0.2, 0.25) is 0 Å². The van der Waals surface area contributed by atoms with Gasteiger partial charge in [0, 0.05) is 19.6 Å². The zero-order chi connectivity index (χ0) is 18.5. The van der Waals surface area contributed by atoms with Crippen LogP contribution in [0.3, 0.4) is 0 Å². The third kappa shape index (κ3) is 4.12. The molecule has 8 heteroatoms. The SMILES string of the molecule is CCc1noc(C)c1C(=O)NCC1CCCN(Cc2ncnn2CC)C1. The molecule has 1 N–H and O–H groups in total. The van der Waals surface area contributed by atoms with E-state index in [-0.39, 0.29) is 5.91 Å². The van der Waals surface area contributed by atoms with E-state index in [1.807, 2.05) is 11.6 Å². The van der Waals surface area contributed by atoms with Crippen molar-refractivity contribution in [1.29, 1.82) is 0 Å². The van der Waals surface area contributed by atoms with E-state index >= 15 is 0 Å². The van der Waals surface area contributed by atoms with E-state index in [4.69, 9.17) is 4.52 Å². The zero-order valence-corrected chi connectivity index (χ0v) is 15.9. The molecule has 1 atom stereocenters. The fourth-order valence-electron chi connectivity index (χ4n) is 3.61. The number of carbonyl (C=O) groups excluding carboxylic acids is 1. The monoisotopic (exact) mass is 360 g/mol. The highest BCUT2D eigenvalue weighted by Gasteiger charge is 2.24. The summed E-state index contributed by atoms with van der Waals surface area (Å²) in [6, 6.07) is 0. The van der Waals surface area contributed by atoms with Crippen LogP contribution in [0.4, 0.5) is 0 Å². The van der Waals surface area contributed by atoms with Gasteiger partial charge in [-0.25, -0.2) is 9.67 Å². The Hall–Kier alpha value is -2.22. The van der Waals surface area contributed by atoms with Crippen molar-refractivity contribution >= 4 is 5.91 Å². The quantitative estimate of drug-likeness (QED) is 0.810. The zero-order valence-electron chi connectivity index (χ0n) is 15.9. The lowest BCUT2D eigenvalue weighted by molar-refractivity contribution is 0.0927. The Balaban J connectivity index is 1.53.